The second-order valence-corrected chi connectivity index (χ2v) is 7.46. The summed E-state index contributed by atoms with van der Waals surface area (Å²) < 4.78 is 34.5. The van der Waals surface area contributed by atoms with Crippen LogP contribution in [0.3, 0.4) is 0 Å². The van der Waals surface area contributed by atoms with Gasteiger partial charge in [-0.15, -0.1) is 6.42 Å². The van der Waals surface area contributed by atoms with Crippen LogP contribution in [0.15, 0.2) is 53.7 Å². The summed E-state index contributed by atoms with van der Waals surface area (Å²) in [7, 11) is -3.79. The fraction of sp³-hybridized carbons (Fsp3) is 0.167. The lowest BCUT2D eigenvalue weighted by Crippen LogP contribution is -2.27. The van der Waals surface area contributed by atoms with Gasteiger partial charge in [0, 0.05) is 12.7 Å². The molecule has 1 N–H and O–H groups in total. The molecule has 2 heterocycles. The smallest absolute Gasteiger partial charge is 0.259 e. The lowest BCUT2D eigenvalue weighted by atomic mass is 10.1. The molecule has 6 nitrogen and oxygen atoms in total. The van der Waals surface area contributed by atoms with Crippen LogP contribution in [-0.4, -0.2) is 31.0 Å². The Balaban J connectivity index is 1.67. The highest BCUT2D eigenvalue weighted by molar-refractivity contribution is 7.89. The first kappa shape index (κ1) is 18.3. The fourth-order valence-corrected chi connectivity index (χ4v) is 4.13. The fourth-order valence-electron chi connectivity index (χ4n) is 2.46. The minimum atomic E-state index is -3.79. The maximum atomic E-state index is 12.6. The summed E-state index contributed by atoms with van der Waals surface area (Å²) in [4.78, 5) is 4.06. The van der Waals surface area contributed by atoms with Crippen molar-refractivity contribution in [3.63, 3.8) is 0 Å². The lowest BCUT2D eigenvalue weighted by molar-refractivity contribution is 0.370. The molecule has 3 aromatic rings. The molecule has 1 aromatic carbocycles. The van der Waals surface area contributed by atoms with Crippen molar-refractivity contribution in [3.8, 4) is 18.1 Å². The summed E-state index contributed by atoms with van der Waals surface area (Å²) in [6.45, 7) is 0.433. The highest BCUT2D eigenvalue weighted by Crippen LogP contribution is 2.22. The predicted octanol–water partition coefficient (Wildman–Crippen LogP) is 2.52. The molecule has 0 radical (unpaired) electrons. The van der Waals surface area contributed by atoms with Gasteiger partial charge in [0.1, 0.15) is 18.0 Å². The maximum Gasteiger partial charge on any atom is 0.259 e. The molecular formula is C18H16ClN3O3S. The van der Waals surface area contributed by atoms with E-state index in [0.29, 0.717) is 17.8 Å². The van der Waals surface area contributed by atoms with Crippen LogP contribution in [0, 0.1) is 12.3 Å². The number of pyridine rings is 1. The number of rotatable bonds is 7. The van der Waals surface area contributed by atoms with Crippen molar-refractivity contribution >= 4 is 27.3 Å². The minimum absolute atomic E-state index is 0.0567. The highest BCUT2D eigenvalue weighted by Gasteiger charge is 2.23. The molecule has 0 atom stereocenters. The molecule has 26 heavy (non-hydrogen) atoms. The van der Waals surface area contributed by atoms with Gasteiger partial charge in [-0.2, -0.15) is 0 Å². The molecule has 2 aromatic heterocycles. The van der Waals surface area contributed by atoms with Crippen LogP contribution in [0.5, 0.6) is 5.75 Å². The van der Waals surface area contributed by atoms with E-state index in [0.717, 1.165) is 5.56 Å². The third-order valence-corrected chi connectivity index (χ3v) is 5.51. The molecule has 0 amide bonds. The molecule has 0 bridgehead atoms. The molecule has 0 aliphatic carbocycles. The second-order valence-electron chi connectivity index (χ2n) is 5.42. The van der Waals surface area contributed by atoms with Crippen molar-refractivity contribution in [3.05, 3.63) is 59.4 Å². The van der Waals surface area contributed by atoms with E-state index in [-0.39, 0.29) is 23.3 Å². The number of ether oxygens (including phenoxy) is 1. The van der Waals surface area contributed by atoms with Crippen molar-refractivity contribution in [2.45, 2.75) is 11.4 Å². The molecule has 0 spiro atoms. The number of terminal acetylenes is 1. The molecule has 0 saturated heterocycles. The van der Waals surface area contributed by atoms with Crippen molar-refractivity contribution in [2.24, 2.45) is 0 Å². The molecular weight excluding hydrogens is 374 g/mol. The van der Waals surface area contributed by atoms with Crippen molar-refractivity contribution in [1.82, 2.24) is 14.1 Å². The van der Waals surface area contributed by atoms with Gasteiger partial charge in [0.05, 0.1) is 0 Å². The zero-order valence-electron chi connectivity index (χ0n) is 13.7. The zero-order valence-corrected chi connectivity index (χ0v) is 15.3. The Labute approximate surface area is 156 Å². The van der Waals surface area contributed by atoms with Gasteiger partial charge in [-0.05, 0) is 36.2 Å². The lowest BCUT2D eigenvalue weighted by Gasteiger charge is -2.08. The molecule has 0 aliphatic rings. The zero-order chi connectivity index (χ0) is 18.6. The second kappa shape index (κ2) is 7.79. The number of halogens is 1. The van der Waals surface area contributed by atoms with Crippen molar-refractivity contribution in [2.75, 3.05) is 13.2 Å². The normalized spacial score (nSPS) is 11.4. The maximum absolute atomic E-state index is 12.6. The number of imidazole rings is 1. The largest absolute Gasteiger partial charge is 0.481 e. The first-order valence-corrected chi connectivity index (χ1v) is 9.65. The number of hydrogen-bond acceptors (Lipinski definition) is 4. The first-order chi connectivity index (χ1) is 12.5. The number of sulfonamides is 1. The van der Waals surface area contributed by atoms with E-state index < -0.39 is 10.0 Å². The Morgan fingerprint density at radius 2 is 2.00 bits per heavy atom. The minimum Gasteiger partial charge on any atom is -0.481 e. The summed E-state index contributed by atoms with van der Waals surface area (Å²) >= 11 is 6.03. The third kappa shape index (κ3) is 3.99. The number of nitrogens with one attached hydrogen (secondary N) is 1. The van der Waals surface area contributed by atoms with E-state index in [4.69, 9.17) is 22.8 Å². The van der Waals surface area contributed by atoms with E-state index in [1.807, 2.05) is 12.1 Å². The summed E-state index contributed by atoms with van der Waals surface area (Å²) in [5.41, 5.74) is 1.44. The van der Waals surface area contributed by atoms with Crippen molar-refractivity contribution < 1.29 is 13.2 Å². The van der Waals surface area contributed by atoms with Gasteiger partial charge in [0.15, 0.2) is 10.2 Å². The highest BCUT2D eigenvalue weighted by atomic mass is 35.5. The van der Waals surface area contributed by atoms with Crippen LogP contribution < -0.4 is 9.46 Å². The number of benzene rings is 1. The van der Waals surface area contributed by atoms with E-state index in [1.165, 1.54) is 4.40 Å². The third-order valence-electron chi connectivity index (χ3n) is 3.65. The molecule has 0 unspecified atom stereocenters. The first-order valence-electron chi connectivity index (χ1n) is 7.79. The van der Waals surface area contributed by atoms with Gasteiger partial charge >= 0.3 is 0 Å². The Kier molecular flexibility index (Phi) is 5.47. The van der Waals surface area contributed by atoms with E-state index >= 15 is 0 Å². The molecule has 0 fully saturated rings. The molecule has 134 valence electrons. The number of aromatic nitrogens is 2. The van der Waals surface area contributed by atoms with Gasteiger partial charge in [-0.25, -0.2) is 18.1 Å². The molecule has 0 saturated carbocycles. The van der Waals surface area contributed by atoms with Gasteiger partial charge in [-0.1, -0.05) is 35.7 Å². The quantitative estimate of drug-likeness (QED) is 0.630. The molecule has 8 heteroatoms. The van der Waals surface area contributed by atoms with Crippen LogP contribution in [-0.2, 0) is 16.4 Å². The van der Waals surface area contributed by atoms with E-state index in [9.17, 15) is 8.42 Å². The monoisotopic (exact) mass is 389 g/mol. The summed E-state index contributed by atoms with van der Waals surface area (Å²) in [6, 6.07) is 12.5. The van der Waals surface area contributed by atoms with Gasteiger partial charge in [-0.3, -0.25) is 4.40 Å². The number of fused-ring (bicyclic) bond motifs is 1. The summed E-state index contributed by atoms with van der Waals surface area (Å²) in [5, 5.41) is -0.119. The predicted molar refractivity (Wildman–Crippen MR) is 99.9 cm³/mol. The summed E-state index contributed by atoms with van der Waals surface area (Å²) in [5.74, 6) is 3.07. The van der Waals surface area contributed by atoms with Crippen LogP contribution in [0.1, 0.15) is 5.56 Å². The Hall–Kier alpha value is -2.53. The number of nitrogens with zero attached hydrogens (tertiary/aromatic N) is 2. The SMILES string of the molecule is C#CCOc1ccc(CCNS(=O)(=O)c2c(Cl)nc3ccccn23)cc1. The summed E-state index contributed by atoms with van der Waals surface area (Å²) in [6.07, 6.45) is 7.27. The Morgan fingerprint density at radius 1 is 1.23 bits per heavy atom. The van der Waals surface area contributed by atoms with Crippen LogP contribution in [0.2, 0.25) is 5.15 Å². The average Bonchev–Trinajstić information content (AvgIpc) is 2.97. The van der Waals surface area contributed by atoms with Crippen molar-refractivity contribution in [1.29, 1.82) is 0 Å². The molecule has 3 rings (SSSR count). The van der Waals surface area contributed by atoms with E-state index in [1.54, 1.807) is 36.5 Å². The standard InChI is InChI=1S/C18H16ClN3O3S/c1-2-13-25-15-8-6-14(7-9-15)10-11-20-26(23,24)18-17(19)21-16-5-3-4-12-22(16)18/h1,3-9,12,20H,10-11,13H2. The van der Waals surface area contributed by atoms with Gasteiger partial charge in [0.25, 0.3) is 10.0 Å². The van der Waals surface area contributed by atoms with Crippen LogP contribution in [0.25, 0.3) is 5.65 Å². The van der Waals surface area contributed by atoms with Crippen LogP contribution >= 0.6 is 11.6 Å². The van der Waals surface area contributed by atoms with Gasteiger partial charge < -0.3 is 4.74 Å². The number of hydrogen-bond donors (Lipinski definition) is 1. The van der Waals surface area contributed by atoms with Crippen LogP contribution in [0.4, 0.5) is 0 Å². The average molecular weight is 390 g/mol. The Bertz CT molecular complexity index is 1050. The Morgan fingerprint density at radius 3 is 2.73 bits per heavy atom. The van der Waals surface area contributed by atoms with Gasteiger partial charge in [0.2, 0.25) is 0 Å². The van der Waals surface area contributed by atoms with E-state index in [2.05, 4.69) is 15.6 Å². The molecule has 0 aliphatic heterocycles. The topological polar surface area (TPSA) is 72.7 Å².